The average molecular weight is 231 g/mol. The molecule has 0 aromatic carbocycles. The van der Waals surface area contributed by atoms with Gasteiger partial charge in [-0.25, -0.2) is 0 Å². The molecule has 0 aromatic heterocycles. The third-order valence-corrected chi connectivity index (χ3v) is 2.15. The Labute approximate surface area is 84.9 Å². The summed E-state index contributed by atoms with van der Waals surface area (Å²) < 4.78 is 0. The Kier molecular flexibility index (Phi) is 11.0. The molecule has 1 heteroatoms. The van der Waals surface area contributed by atoms with Crippen molar-refractivity contribution in [2.45, 2.75) is 45.4 Å². The van der Waals surface area contributed by atoms with E-state index in [1.165, 1.54) is 32.1 Å². The summed E-state index contributed by atoms with van der Waals surface area (Å²) in [6.45, 7) is 2.24. The zero-order chi connectivity index (χ0) is 9.07. The highest BCUT2D eigenvalue weighted by Gasteiger charge is 1.82. The third-order valence-electron chi connectivity index (χ3n) is 1.69. The predicted octanol–water partition coefficient (Wildman–Crippen LogP) is 4.45. The molecule has 0 spiro atoms. The number of allylic oxidation sites excluding steroid dienone is 1. The number of rotatable bonds is 7. The van der Waals surface area contributed by atoms with Crippen molar-refractivity contribution in [3.63, 3.8) is 0 Å². The molecule has 0 saturated carbocycles. The molecule has 0 N–H and O–H groups in total. The highest BCUT2D eigenvalue weighted by atomic mass is 79.9. The molecule has 0 aliphatic carbocycles. The molecule has 0 aliphatic rings. The number of hydrogen-bond acceptors (Lipinski definition) is 0. The van der Waals surface area contributed by atoms with Crippen molar-refractivity contribution >= 4 is 15.9 Å². The van der Waals surface area contributed by atoms with E-state index >= 15 is 0 Å². The van der Waals surface area contributed by atoms with Gasteiger partial charge in [0.1, 0.15) is 0 Å². The Morgan fingerprint density at radius 2 is 1.83 bits per heavy atom. The molecule has 0 saturated heterocycles. The Hall–Kier alpha value is 0. The molecule has 12 heavy (non-hydrogen) atoms. The molecule has 0 aliphatic heterocycles. The van der Waals surface area contributed by atoms with Crippen LogP contribution in [0.15, 0.2) is 17.9 Å². The summed E-state index contributed by atoms with van der Waals surface area (Å²) in [5, 5.41) is 1.05. The van der Waals surface area contributed by atoms with Gasteiger partial charge in [0.15, 0.2) is 0 Å². The van der Waals surface area contributed by atoms with Crippen LogP contribution < -0.4 is 0 Å². The maximum Gasteiger partial charge on any atom is 0.00719 e. The van der Waals surface area contributed by atoms with Crippen molar-refractivity contribution in [1.82, 2.24) is 0 Å². The van der Waals surface area contributed by atoms with Gasteiger partial charge in [-0.05, 0) is 31.4 Å². The maximum absolute atomic E-state index is 3.37. The van der Waals surface area contributed by atoms with Gasteiger partial charge in [0.25, 0.3) is 0 Å². The minimum atomic E-state index is 1.05. The number of hydrogen-bond donors (Lipinski definition) is 0. The van der Waals surface area contributed by atoms with Crippen LogP contribution in [0.1, 0.15) is 45.4 Å². The lowest BCUT2D eigenvalue weighted by Crippen LogP contribution is -1.72. The van der Waals surface area contributed by atoms with Gasteiger partial charge in [-0.1, -0.05) is 42.1 Å². The van der Waals surface area contributed by atoms with E-state index in [1.54, 1.807) is 0 Å². The van der Waals surface area contributed by atoms with E-state index in [9.17, 15) is 0 Å². The molecule has 0 amide bonds. The normalized spacial score (nSPS) is 9.17. The summed E-state index contributed by atoms with van der Waals surface area (Å²) in [5.74, 6) is 0. The van der Waals surface area contributed by atoms with E-state index < -0.39 is 0 Å². The largest absolute Gasteiger partial charge is 0.130 e. The highest BCUT2D eigenvalue weighted by molar-refractivity contribution is 9.09. The van der Waals surface area contributed by atoms with Crippen LogP contribution >= 0.6 is 15.9 Å². The van der Waals surface area contributed by atoms with E-state index in [0.717, 1.165) is 11.8 Å². The first-order valence-electron chi connectivity index (χ1n) is 4.87. The Morgan fingerprint density at radius 1 is 1.08 bits per heavy atom. The standard InChI is InChI=1S/C11H19Br/c1-2-3-4-5-6-7-8-9-10-11-12/h7,9H,2-6,10-11H2,1H3. The molecule has 70 valence electrons. The number of unbranched alkanes of at least 4 members (excludes halogenated alkanes) is 4. The second kappa shape index (κ2) is 11.0. The zero-order valence-corrected chi connectivity index (χ0v) is 9.57. The molecular weight excluding hydrogens is 212 g/mol. The van der Waals surface area contributed by atoms with Crippen molar-refractivity contribution in [3.8, 4) is 0 Å². The molecule has 0 bridgehead atoms. The smallest absolute Gasteiger partial charge is 0.00719 e. The fourth-order valence-electron chi connectivity index (χ4n) is 0.978. The molecule has 0 radical (unpaired) electrons. The van der Waals surface area contributed by atoms with Gasteiger partial charge in [0.2, 0.25) is 0 Å². The average Bonchev–Trinajstić information content (AvgIpc) is 2.10. The van der Waals surface area contributed by atoms with Crippen LogP contribution in [-0.2, 0) is 0 Å². The van der Waals surface area contributed by atoms with E-state index in [1.807, 2.05) is 0 Å². The SMILES string of the molecule is CCCCCCC=C=CCCBr. The number of halogens is 1. The molecule has 0 atom stereocenters. The van der Waals surface area contributed by atoms with Crippen molar-refractivity contribution in [2.24, 2.45) is 0 Å². The zero-order valence-electron chi connectivity index (χ0n) is 7.98. The molecule has 0 fully saturated rings. The third kappa shape index (κ3) is 10.0. The highest BCUT2D eigenvalue weighted by Crippen LogP contribution is 2.02. The Bertz CT molecular complexity index is 132. The van der Waals surface area contributed by atoms with Crippen molar-refractivity contribution in [1.29, 1.82) is 0 Å². The van der Waals surface area contributed by atoms with Crippen molar-refractivity contribution < 1.29 is 0 Å². The lowest BCUT2D eigenvalue weighted by Gasteiger charge is -1.92. The Morgan fingerprint density at radius 3 is 2.50 bits per heavy atom. The summed E-state index contributed by atoms with van der Waals surface area (Å²) in [7, 11) is 0. The minimum Gasteiger partial charge on any atom is -0.130 e. The van der Waals surface area contributed by atoms with Gasteiger partial charge in [-0.3, -0.25) is 0 Å². The molecule has 0 rings (SSSR count). The monoisotopic (exact) mass is 230 g/mol. The van der Waals surface area contributed by atoms with Crippen LogP contribution in [0.25, 0.3) is 0 Å². The van der Waals surface area contributed by atoms with Crippen LogP contribution in [0.3, 0.4) is 0 Å². The van der Waals surface area contributed by atoms with Crippen LogP contribution in [0.5, 0.6) is 0 Å². The van der Waals surface area contributed by atoms with Crippen LogP contribution in [-0.4, -0.2) is 5.33 Å². The maximum atomic E-state index is 3.37. The first kappa shape index (κ1) is 12.0. The Balaban J connectivity index is 3.12. The van der Waals surface area contributed by atoms with Crippen LogP contribution in [0.2, 0.25) is 0 Å². The minimum absolute atomic E-state index is 1.05. The van der Waals surface area contributed by atoms with Crippen LogP contribution in [0.4, 0.5) is 0 Å². The molecule has 0 unspecified atom stereocenters. The number of alkyl halides is 1. The predicted molar refractivity (Wildman–Crippen MR) is 59.8 cm³/mol. The van der Waals surface area contributed by atoms with Gasteiger partial charge in [0, 0.05) is 5.33 Å². The van der Waals surface area contributed by atoms with Gasteiger partial charge >= 0.3 is 0 Å². The fourth-order valence-corrected chi connectivity index (χ4v) is 1.21. The summed E-state index contributed by atoms with van der Waals surface area (Å²) in [6, 6.07) is 0. The molecule has 0 aromatic rings. The second-order valence-electron chi connectivity index (χ2n) is 2.90. The van der Waals surface area contributed by atoms with Gasteiger partial charge < -0.3 is 0 Å². The first-order chi connectivity index (χ1) is 5.91. The lowest BCUT2D eigenvalue weighted by molar-refractivity contribution is 0.674. The van der Waals surface area contributed by atoms with E-state index in [4.69, 9.17) is 0 Å². The van der Waals surface area contributed by atoms with E-state index in [-0.39, 0.29) is 0 Å². The summed E-state index contributed by atoms with van der Waals surface area (Å²) in [5.41, 5.74) is 3.18. The quantitative estimate of drug-likeness (QED) is 0.345. The summed E-state index contributed by atoms with van der Waals surface area (Å²) in [4.78, 5) is 0. The first-order valence-corrected chi connectivity index (χ1v) is 5.99. The summed E-state index contributed by atoms with van der Waals surface area (Å²) in [6.07, 6.45) is 11.9. The lowest BCUT2D eigenvalue weighted by atomic mass is 10.1. The second-order valence-corrected chi connectivity index (χ2v) is 3.69. The van der Waals surface area contributed by atoms with E-state index in [2.05, 4.69) is 40.7 Å². The fraction of sp³-hybridized carbons (Fsp3) is 0.727. The summed E-state index contributed by atoms with van der Waals surface area (Å²) >= 11 is 3.37. The van der Waals surface area contributed by atoms with Gasteiger partial charge in [-0.2, -0.15) is 0 Å². The van der Waals surface area contributed by atoms with Crippen molar-refractivity contribution in [2.75, 3.05) is 5.33 Å². The van der Waals surface area contributed by atoms with Crippen molar-refractivity contribution in [3.05, 3.63) is 17.9 Å². The molecular formula is C11H19Br. The topological polar surface area (TPSA) is 0 Å². The molecule has 0 nitrogen and oxygen atoms in total. The van der Waals surface area contributed by atoms with Gasteiger partial charge in [0.05, 0.1) is 0 Å². The van der Waals surface area contributed by atoms with Gasteiger partial charge in [-0.15, -0.1) is 5.73 Å². The van der Waals surface area contributed by atoms with Crippen LogP contribution in [0, 0.1) is 0 Å². The van der Waals surface area contributed by atoms with E-state index in [0.29, 0.717) is 0 Å². The molecule has 0 heterocycles.